The van der Waals surface area contributed by atoms with E-state index in [0.29, 0.717) is 6.10 Å². The maximum atomic E-state index is 9.09. The van der Waals surface area contributed by atoms with Crippen LogP contribution in [0.5, 0.6) is 0 Å². The van der Waals surface area contributed by atoms with Crippen molar-refractivity contribution in [2.45, 2.75) is 37.6 Å². The van der Waals surface area contributed by atoms with Gasteiger partial charge in [0.05, 0.1) is 12.2 Å². The van der Waals surface area contributed by atoms with Crippen LogP contribution in [0.4, 0.5) is 0 Å². The molecule has 54 valence electrons. The largest absolute Gasteiger partial charge is 0.390 e. The first kappa shape index (κ1) is 7.55. The van der Waals surface area contributed by atoms with E-state index in [1.54, 1.807) is 0 Å². The second-order valence-electron chi connectivity index (χ2n) is 2.64. The van der Waals surface area contributed by atoms with Gasteiger partial charge in [0.15, 0.2) is 0 Å². The van der Waals surface area contributed by atoms with Gasteiger partial charge >= 0.3 is 0 Å². The minimum Gasteiger partial charge on any atom is -0.390 e. The Kier molecular flexibility index (Phi) is 2.17. The third-order valence-electron chi connectivity index (χ3n) is 1.99. The van der Waals surface area contributed by atoms with Crippen molar-refractivity contribution >= 4 is 0 Å². The van der Waals surface area contributed by atoms with E-state index in [1.807, 2.05) is 0 Å². The molecule has 2 fully saturated rings. The molecule has 2 nitrogen and oxygen atoms in total. The van der Waals surface area contributed by atoms with Crippen molar-refractivity contribution in [1.29, 1.82) is 0 Å². The van der Waals surface area contributed by atoms with Crippen LogP contribution >= 0.6 is 0 Å². The second-order valence-corrected chi connectivity index (χ2v) is 2.64. The molecule has 0 aromatic carbocycles. The Balaban J connectivity index is 0.000000405. The van der Waals surface area contributed by atoms with Gasteiger partial charge in [0.2, 0.25) is 0 Å². The monoisotopic (exact) mass is 170 g/mol. The number of aliphatic hydroxyl groups excluding tert-OH is 1. The summed E-state index contributed by atoms with van der Waals surface area (Å²) in [6.07, 6.45) is 3.77. The molecule has 2 aliphatic rings. The van der Waals surface area contributed by atoms with Crippen molar-refractivity contribution in [1.82, 2.24) is 0 Å². The van der Waals surface area contributed by atoms with Crippen LogP contribution in [-0.4, -0.2) is 23.4 Å². The zero-order valence-corrected chi connectivity index (χ0v) is 6.17. The molecule has 1 saturated carbocycles. The second kappa shape index (κ2) is 2.59. The topological polar surface area (TPSA) is 32.8 Å². The number of ether oxygens (including phenoxy) is 1. The summed E-state index contributed by atoms with van der Waals surface area (Å²) in [4.78, 5) is 0. The van der Waals surface area contributed by atoms with Crippen LogP contribution in [0.3, 0.4) is 0 Å². The molecule has 1 aliphatic carbocycles. The number of hydrogen-bond acceptors (Lipinski definition) is 2. The Morgan fingerprint density at radius 2 is 2.11 bits per heavy atom. The minimum absolute atomic E-state index is 0. The first-order valence-corrected chi connectivity index (χ1v) is 3.21. The summed E-state index contributed by atoms with van der Waals surface area (Å²) in [5, 5.41) is 9.09. The zero-order valence-electron chi connectivity index (χ0n) is 5.06. The number of hydrogen-bond donors (Lipinski definition) is 1. The fourth-order valence-corrected chi connectivity index (χ4v) is 1.42. The summed E-state index contributed by atoms with van der Waals surface area (Å²) in [5.41, 5.74) is 0. The zero-order chi connectivity index (χ0) is 5.56. The molecule has 0 spiro atoms. The molecule has 1 heterocycles. The van der Waals surface area contributed by atoms with Gasteiger partial charge in [-0.05, 0) is 19.3 Å². The molecule has 1 saturated heterocycles. The molecule has 3 atom stereocenters. The van der Waals surface area contributed by atoms with Gasteiger partial charge in [-0.25, -0.2) is 0 Å². The van der Waals surface area contributed by atoms with Gasteiger partial charge in [-0.3, -0.25) is 0 Å². The van der Waals surface area contributed by atoms with E-state index < -0.39 is 0 Å². The van der Waals surface area contributed by atoms with Crippen molar-refractivity contribution in [3.63, 3.8) is 0 Å². The van der Waals surface area contributed by atoms with Crippen molar-refractivity contribution < 1.29 is 26.9 Å². The molecule has 0 aromatic heterocycles. The number of epoxide rings is 1. The maximum Gasteiger partial charge on any atom is 0.110 e. The number of rotatable bonds is 0. The van der Waals surface area contributed by atoms with Crippen LogP contribution in [0.25, 0.3) is 0 Å². The van der Waals surface area contributed by atoms with Gasteiger partial charge in [-0.15, -0.1) is 0 Å². The van der Waals surface area contributed by atoms with Gasteiger partial charge in [0, 0.05) is 17.1 Å². The standard InChI is InChI=1S/C6H10O2.Fe/c7-4-2-1-3-5-6(4)8-5;/h4-7H,1-3H2;/t4?,5?,6-;/m0./s1. The fourth-order valence-electron chi connectivity index (χ4n) is 1.42. The van der Waals surface area contributed by atoms with Crippen LogP contribution in [0.2, 0.25) is 0 Å². The average Bonchev–Trinajstić information content (AvgIpc) is 2.45. The summed E-state index contributed by atoms with van der Waals surface area (Å²) in [6, 6.07) is 0. The van der Waals surface area contributed by atoms with Crippen LogP contribution < -0.4 is 0 Å². The Morgan fingerprint density at radius 3 is 2.67 bits per heavy atom. The Bertz CT molecular complexity index is 107. The molecule has 0 bridgehead atoms. The van der Waals surface area contributed by atoms with E-state index in [9.17, 15) is 0 Å². The molecule has 0 aromatic rings. The third kappa shape index (κ3) is 1.29. The predicted molar refractivity (Wildman–Crippen MR) is 28.5 cm³/mol. The van der Waals surface area contributed by atoms with Crippen molar-refractivity contribution in [3.8, 4) is 0 Å². The van der Waals surface area contributed by atoms with E-state index in [4.69, 9.17) is 9.84 Å². The molecule has 1 aliphatic heterocycles. The molecule has 9 heavy (non-hydrogen) atoms. The quantitative estimate of drug-likeness (QED) is 0.418. The van der Waals surface area contributed by atoms with E-state index in [-0.39, 0.29) is 29.3 Å². The summed E-state index contributed by atoms with van der Waals surface area (Å²) < 4.78 is 5.14. The van der Waals surface area contributed by atoms with Gasteiger partial charge in [-0.1, -0.05) is 0 Å². The summed E-state index contributed by atoms with van der Waals surface area (Å²) in [6.45, 7) is 0. The smallest absolute Gasteiger partial charge is 0.110 e. The minimum atomic E-state index is -0.145. The Morgan fingerprint density at radius 1 is 1.33 bits per heavy atom. The summed E-state index contributed by atoms with van der Waals surface area (Å²) >= 11 is 0. The van der Waals surface area contributed by atoms with E-state index >= 15 is 0 Å². The molecule has 1 N–H and O–H groups in total. The Labute approximate surface area is 65.1 Å². The number of aliphatic hydroxyl groups is 1. The number of fused-ring (bicyclic) bond motifs is 1. The van der Waals surface area contributed by atoms with Gasteiger partial charge < -0.3 is 9.84 Å². The molecule has 0 amide bonds. The first-order valence-electron chi connectivity index (χ1n) is 3.21. The Hall–Kier alpha value is 0.439. The molecule has 2 rings (SSSR count). The average molecular weight is 170 g/mol. The molecule has 0 radical (unpaired) electrons. The summed E-state index contributed by atoms with van der Waals surface area (Å²) in [7, 11) is 0. The fraction of sp³-hybridized carbons (Fsp3) is 1.00. The molecule has 2 unspecified atom stereocenters. The van der Waals surface area contributed by atoms with Crippen LogP contribution in [-0.2, 0) is 21.8 Å². The van der Waals surface area contributed by atoms with Gasteiger partial charge in [-0.2, -0.15) is 0 Å². The third-order valence-corrected chi connectivity index (χ3v) is 1.99. The normalized spacial score (nSPS) is 47.0. The summed E-state index contributed by atoms with van der Waals surface area (Å²) in [5.74, 6) is 0. The molecular weight excluding hydrogens is 160 g/mol. The SMILES string of the molecule is OC1CCCC2O[C@@H]12.[Fe]. The van der Waals surface area contributed by atoms with Crippen LogP contribution in [0.15, 0.2) is 0 Å². The van der Waals surface area contributed by atoms with Crippen LogP contribution in [0.1, 0.15) is 19.3 Å². The van der Waals surface area contributed by atoms with Crippen LogP contribution in [0, 0.1) is 0 Å². The first-order chi connectivity index (χ1) is 3.88. The van der Waals surface area contributed by atoms with Gasteiger partial charge in [0.1, 0.15) is 6.10 Å². The molecular formula is C6H10FeO2. The molecule has 3 heteroatoms. The van der Waals surface area contributed by atoms with Crippen molar-refractivity contribution in [3.05, 3.63) is 0 Å². The van der Waals surface area contributed by atoms with E-state index in [0.717, 1.165) is 12.8 Å². The van der Waals surface area contributed by atoms with E-state index in [2.05, 4.69) is 0 Å². The maximum absolute atomic E-state index is 9.09. The van der Waals surface area contributed by atoms with Gasteiger partial charge in [0.25, 0.3) is 0 Å². The predicted octanol–water partition coefficient (Wildman–Crippen LogP) is 0.296. The van der Waals surface area contributed by atoms with Crippen molar-refractivity contribution in [2.75, 3.05) is 0 Å². The van der Waals surface area contributed by atoms with E-state index in [1.165, 1.54) is 6.42 Å². The van der Waals surface area contributed by atoms with Crippen molar-refractivity contribution in [2.24, 2.45) is 0 Å².